The first kappa shape index (κ1) is 24.6. The zero-order valence-corrected chi connectivity index (χ0v) is 20.5. The molecular weight excluding hydrogens is 558 g/mol. The molecule has 0 aliphatic carbocycles. The highest BCUT2D eigenvalue weighted by atomic mass is 127. The van der Waals surface area contributed by atoms with Crippen molar-refractivity contribution in [2.24, 2.45) is 0 Å². The van der Waals surface area contributed by atoms with Crippen LogP contribution >= 0.6 is 34.2 Å². The van der Waals surface area contributed by atoms with Gasteiger partial charge in [0.25, 0.3) is 5.91 Å². The second kappa shape index (κ2) is 11.7. The second-order valence-electron chi connectivity index (χ2n) is 6.77. The lowest BCUT2D eigenvalue weighted by molar-refractivity contribution is -0.112. The number of anilines is 1. The van der Waals surface area contributed by atoms with E-state index in [9.17, 15) is 14.4 Å². The molecule has 3 aromatic carbocycles. The number of carbonyl (C=O) groups is 1. The van der Waals surface area contributed by atoms with Crippen molar-refractivity contribution in [3.05, 3.63) is 91.8 Å². The minimum absolute atomic E-state index is 0.0326. The van der Waals surface area contributed by atoms with Crippen molar-refractivity contribution in [1.29, 1.82) is 5.26 Å². The molecule has 1 amide bonds. The molecule has 0 spiro atoms. The van der Waals surface area contributed by atoms with Gasteiger partial charge in [-0.1, -0.05) is 29.8 Å². The molecule has 0 aliphatic rings. The van der Waals surface area contributed by atoms with Gasteiger partial charge in [-0.15, -0.1) is 0 Å². The predicted molar refractivity (Wildman–Crippen MR) is 135 cm³/mol. The molecule has 3 aromatic rings. The summed E-state index contributed by atoms with van der Waals surface area (Å²) in [5, 5.41) is 12.7. The third-order valence-corrected chi connectivity index (χ3v) is 5.49. The van der Waals surface area contributed by atoms with Gasteiger partial charge < -0.3 is 14.8 Å². The zero-order chi connectivity index (χ0) is 23.8. The van der Waals surface area contributed by atoms with Crippen molar-refractivity contribution < 1.29 is 18.7 Å². The van der Waals surface area contributed by atoms with Gasteiger partial charge in [-0.3, -0.25) is 4.79 Å². The van der Waals surface area contributed by atoms with Crippen molar-refractivity contribution in [1.82, 2.24) is 0 Å². The molecule has 1 N–H and O–H groups in total. The maximum absolute atomic E-state index is 13.9. The Morgan fingerprint density at radius 3 is 2.58 bits per heavy atom. The number of benzene rings is 3. The van der Waals surface area contributed by atoms with E-state index in [1.54, 1.807) is 54.6 Å². The Morgan fingerprint density at radius 2 is 1.91 bits per heavy atom. The predicted octanol–water partition coefficient (Wildman–Crippen LogP) is 6.61. The van der Waals surface area contributed by atoms with Gasteiger partial charge >= 0.3 is 0 Å². The summed E-state index contributed by atoms with van der Waals surface area (Å²) in [6.07, 6.45) is 1.47. The smallest absolute Gasteiger partial charge is 0.266 e. The van der Waals surface area contributed by atoms with E-state index in [0.717, 1.165) is 0 Å². The number of hydrogen-bond donors (Lipinski definition) is 1. The number of ether oxygens (including phenoxy) is 2. The standard InChI is InChI=1S/C25H19ClFIN2O3/c1-2-32-23-13-16(11-18(14-29)25(31)30-20-9-7-19(26)8-10-20)12-22(28)24(23)33-15-17-5-3-4-6-21(17)27/h3-13H,2,15H2,1H3,(H,30,31)/b18-11+. The zero-order valence-electron chi connectivity index (χ0n) is 17.6. The Hall–Kier alpha value is -3.09. The van der Waals surface area contributed by atoms with Crippen LogP contribution in [0.25, 0.3) is 6.08 Å². The molecule has 0 bridgehead atoms. The average Bonchev–Trinajstić information content (AvgIpc) is 2.79. The first-order valence-electron chi connectivity index (χ1n) is 9.92. The number of halogens is 3. The third-order valence-electron chi connectivity index (χ3n) is 4.44. The van der Waals surface area contributed by atoms with Crippen molar-refractivity contribution in [3.8, 4) is 17.6 Å². The van der Waals surface area contributed by atoms with Gasteiger partial charge in [-0.2, -0.15) is 5.26 Å². The number of nitrogens with zero attached hydrogens (tertiary/aromatic N) is 1. The molecule has 3 rings (SSSR count). The van der Waals surface area contributed by atoms with Crippen LogP contribution in [0.5, 0.6) is 11.5 Å². The summed E-state index contributed by atoms with van der Waals surface area (Å²) < 4.78 is 26.2. The lowest BCUT2D eigenvalue weighted by Crippen LogP contribution is -2.13. The Kier molecular flexibility index (Phi) is 8.69. The molecule has 0 unspecified atom stereocenters. The molecular formula is C25H19ClFIN2O3. The summed E-state index contributed by atoms with van der Waals surface area (Å²) in [5.41, 5.74) is 1.45. The molecule has 0 saturated carbocycles. The van der Waals surface area contributed by atoms with Crippen molar-refractivity contribution in [2.75, 3.05) is 11.9 Å². The van der Waals surface area contributed by atoms with Crippen LogP contribution in [0.1, 0.15) is 18.1 Å². The van der Waals surface area contributed by atoms with E-state index in [-0.39, 0.29) is 18.0 Å². The highest BCUT2D eigenvalue weighted by Gasteiger charge is 2.15. The monoisotopic (exact) mass is 576 g/mol. The summed E-state index contributed by atoms with van der Waals surface area (Å²) in [6.45, 7) is 2.24. The Labute approximate surface area is 209 Å². The molecule has 0 aromatic heterocycles. The van der Waals surface area contributed by atoms with E-state index in [2.05, 4.69) is 27.9 Å². The van der Waals surface area contributed by atoms with Crippen LogP contribution in [-0.2, 0) is 11.4 Å². The van der Waals surface area contributed by atoms with Gasteiger partial charge in [-0.25, -0.2) is 4.39 Å². The quantitative estimate of drug-likeness (QED) is 0.186. The average molecular weight is 577 g/mol. The van der Waals surface area contributed by atoms with E-state index in [1.165, 1.54) is 12.1 Å². The molecule has 0 fully saturated rings. The molecule has 5 nitrogen and oxygen atoms in total. The molecule has 168 valence electrons. The Balaban J connectivity index is 1.85. The van der Waals surface area contributed by atoms with E-state index < -0.39 is 5.91 Å². The van der Waals surface area contributed by atoms with Gasteiger partial charge in [0, 0.05) is 16.3 Å². The van der Waals surface area contributed by atoms with Gasteiger partial charge in [0.2, 0.25) is 0 Å². The van der Waals surface area contributed by atoms with E-state index in [4.69, 9.17) is 21.1 Å². The normalized spacial score (nSPS) is 10.9. The summed E-state index contributed by atoms with van der Waals surface area (Å²) >= 11 is 7.94. The lowest BCUT2D eigenvalue weighted by Gasteiger charge is -2.15. The summed E-state index contributed by atoms with van der Waals surface area (Å²) in [4.78, 5) is 12.6. The lowest BCUT2D eigenvalue weighted by atomic mass is 10.1. The number of amides is 1. The maximum Gasteiger partial charge on any atom is 0.266 e. The number of rotatable bonds is 8. The summed E-state index contributed by atoms with van der Waals surface area (Å²) in [7, 11) is 0. The highest BCUT2D eigenvalue weighted by molar-refractivity contribution is 14.1. The van der Waals surface area contributed by atoms with Crippen molar-refractivity contribution >= 4 is 51.9 Å². The van der Waals surface area contributed by atoms with Crippen LogP contribution < -0.4 is 14.8 Å². The number of nitrogens with one attached hydrogen (secondary N) is 1. The minimum atomic E-state index is -0.548. The van der Waals surface area contributed by atoms with Crippen LogP contribution in [0, 0.1) is 20.7 Å². The Morgan fingerprint density at radius 1 is 1.18 bits per heavy atom. The third kappa shape index (κ3) is 6.70. The van der Waals surface area contributed by atoms with Crippen LogP contribution in [-0.4, -0.2) is 12.5 Å². The summed E-state index contributed by atoms with van der Waals surface area (Å²) in [5.74, 6) is -0.00702. The van der Waals surface area contributed by atoms with Gasteiger partial charge in [-0.05, 0) is 83.6 Å². The summed E-state index contributed by atoms with van der Waals surface area (Å²) in [6, 6.07) is 18.3. The number of carbonyl (C=O) groups excluding carboxylic acids is 1. The minimum Gasteiger partial charge on any atom is -0.490 e. The molecule has 0 saturated heterocycles. The molecule has 0 radical (unpaired) electrons. The van der Waals surface area contributed by atoms with E-state index >= 15 is 0 Å². The van der Waals surface area contributed by atoms with Gasteiger partial charge in [0.05, 0.1) is 10.2 Å². The number of hydrogen-bond acceptors (Lipinski definition) is 4. The molecule has 33 heavy (non-hydrogen) atoms. The SMILES string of the molecule is CCOc1cc(/C=C(\C#N)C(=O)Nc2ccc(Cl)cc2)cc(I)c1OCc1ccccc1F. The molecule has 0 heterocycles. The molecule has 0 atom stereocenters. The van der Waals surface area contributed by atoms with Gasteiger partial charge in [0.1, 0.15) is 24.1 Å². The van der Waals surface area contributed by atoms with Crippen LogP contribution in [0.3, 0.4) is 0 Å². The highest BCUT2D eigenvalue weighted by Crippen LogP contribution is 2.35. The van der Waals surface area contributed by atoms with Crippen molar-refractivity contribution in [3.63, 3.8) is 0 Å². The first-order chi connectivity index (χ1) is 15.9. The Bertz CT molecular complexity index is 1220. The fourth-order valence-electron chi connectivity index (χ4n) is 2.89. The second-order valence-corrected chi connectivity index (χ2v) is 8.37. The topological polar surface area (TPSA) is 71.3 Å². The van der Waals surface area contributed by atoms with Crippen LogP contribution in [0.2, 0.25) is 5.02 Å². The fraction of sp³-hybridized carbons (Fsp3) is 0.120. The molecule has 8 heteroatoms. The number of nitriles is 1. The fourth-order valence-corrected chi connectivity index (χ4v) is 3.79. The van der Waals surface area contributed by atoms with Crippen LogP contribution in [0.4, 0.5) is 10.1 Å². The van der Waals surface area contributed by atoms with Gasteiger partial charge in [0.15, 0.2) is 11.5 Å². The largest absolute Gasteiger partial charge is 0.490 e. The first-order valence-corrected chi connectivity index (χ1v) is 11.4. The van der Waals surface area contributed by atoms with E-state index in [1.807, 2.05) is 13.0 Å². The van der Waals surface area contributed by atoms with Crippen LogP contribution in [0.15, 0.2) is 66.2 Å². The maximum atomic E-state index is 13.9. The van der Waals surface area contributed by atoms with E-state index in [0.29, 0.717) is 43.5 Å². The molecule has 0 aliphatic heterocycles. The van der Waals surface area contributed by atoms with Crippen molar-refractivity contribution in [2.45, 2.75) is 13.5 Å².